The van der Waals surface area contributed by atoms with E-state index in [1.807, 2.05) is 0 Å². The van der Waals surface area contributed by atoms with Crippen molar-refractivity contribution in [1.82, 2.24) is 9.55 Å². The second-order valence-electron chi connectivity index (χ2n) is 4.14. The van der Waals surface area contributed by atoms with Crippen LogP contribution in [0.15, 0.2) is 15.8 Å². The molecule has 0 spiro atoms. The Morgan fingerprint density at radius 2 is 2.37 bits per heavy atom. The summed E-state index contributed by atoms with van der Waals surface area (Å²) < 4.78 is 5.22. The molecule has 1 aromatic heterocycles. The summed E-state index contributed by atoms with van der Waals surface area (Å²) in [6.45, 7) is -0.379. The molecule has 8 heteroatoms. The molecule has 1 aliphatic rings. The van der Waals surface area contributed by atoms with Crippen molar-refractivity contribution in [3.8, 4) is 12.3 Å². The van der Waals surface area contributed by atoms with Crippen LogP contribution in [0.1, 0.15) is 18.2 Å². The van der Waals surface area contributed by atoms with Gasteiger partial charge in [-0.1, -0.05) is 5.92 Å². The van der Waals surface area contributed by atoms with Crippen molar-refractivity contribution in [2.45, 2.75) is 22.4 Å². The summed E-state index contributed by atoms with van der Waals surface area (Å²) in [5.41, 5.74) is -1.34. The normalized spacial score (nSPS) is 30.2. The smallest absolute Gasteiger partial charge is 0.330 e. The summed E-state index contributed by atoms with van der Waals surface area (Å²) in [5.74, 6) is 2.16. The van der Waals surface area contributed by atoms with Gasteiger partial charge in [-0.05, 0) is 22.6 Å². The number of hydrogen-bond donors (Lipinski definition) is 3. The first-order valence-corrected chi connectivity index (χ1v) is 6.46. The van der Waals surface area contributed by atoms with E-state index < -0.39 is 27.2 Å². The molecule has 1 aliphatic heterocycles. The number of nitrogens with one attached hydrogen (secondary N) is 1. The predicted octanol–water partition coefficient (Wildman–Crippen LogP) is -1.08. The van der Waals surface area contributed by atoms with Crippen LogP contribution in [0.2, 0.25) is 0 Å². The molecule has 0 saturated carbocycles. The summed E-state index contributed by atoms with van der Waals surface area (Å²) in [5, 5.41) is 19.1. The highest BCUT2D eigenvalue weighted by Gasteiger charge is 2.46. The maximum absolute atomic E-state index is 11.7. The van der Waals surface area contributed by atoms with E-state index in [2.05, 4.69) is 10.9 Å². The highest BCUT2D eigenvalue weighted by Crippen LogP contribution is 2.40. The van der Waals surface area contributed by atoms with Crippen molar-refractivity contribution in [2.75, 3.05) is 6.61 Å². The molecule has 0 aliphatic carbocycles. The summed E-state index contributed by atoms with van der Waals surface area (Å²) in [6, 6.07) is 0. The van der Waals surface area contributed by atoms with Crippen LogP contribution in [0.25, 0.3) is 0 Å². The maximum Gasteiger partial charge on any atom is 0.330 e. The van der Waals surface area contributed by atoms with E-state index in [1.165, 1.54) is 6.20 Å². The molecule has 0 unspecified atom stereocenters. The number of halogens is 1. The molecule has 0 bridgehead atoms. The second kappa shape index (κ2) is 5.09. The molecule has 2 heterocycles. The van der Waals surface area contributed by atoms with Crippen molar-refractivity contribution < 1.29 is 14.9 Å². The number of aromatic amines is 1. The van der Waals surface area contributed by atoms with Gasteiger partial charge in [-0.2, -0.15) is 0 Å². The van der Waals surface area contributed by atoms with Crippen LogP contribution in [0.5, 0.6) is 0 Å². The van der Waals surface area contributed by atoms with Gasteiger partial charge in [0.1, 0.15) is 21.5 Å². The Morgan fingerprint density at radius 1 is 1.68 bits per heavy atom. The van der Waals surface area contributed by atoms with E-state index >= 15 is 0 Å². The average Bonchev–Trinajstić information content (AvgIpc) is 2.64. The number of nitrogens with zero attached hydrogens (tertiary/aromatic N) is 1. The number of hydrogen-bond acceptors (Lipinski definition) is 5. The molecule has 7 nitrogen and oxygen atoms in total. The number of rotatable bonds is 2. The number of H-pyrrole nitrogens is 1. The third kappa shape index (κ3) is 2.59. The van der Waals surface area contributed by atoms with Gasteiger partial charge in [0.25, 0.3) is 5.56 Å². The zero-order valence-electron chi connectivity index (χ0n) is 9.67. The van der Waals surface area contributed by atoms with Crippen LogP contribution in [-0.4, -0.2) is 36.1 Å². The molecule has 3 atom stereocenters. The SMILES string of the molecule is C#Cc1cn([C@H]2C[C@@](O)(I)[C@@H](CO)O2)c(=O)[nH]c1=O. The van der Waals surface area contributed by atoms with Crippen molar-refractivity contribution in [3.63, 3.8) is 0 Å². The van der Waals surface area contributed by atoms with Gasteiger partial charge in [-0.15, -0.1) is 6.42 Å². The van der Waals surface area contributed by atoms with Gasteiger partial charge < -0.3 is 14.9 Å². The minimum Gasteiger partial charge on any atom is -0.394 e. The van der Waals surface area contributed by atoms with E-state index in [4.69, 9.17) is 16.3 Å². The van der Waals surface area contributed by atoms with Crippen LogP contribution < -0.4 is 11.2 Å². The molecule has 1 aromatic rings. The Balaban J connectivity index is 2.43. The highest BCUT2D eigenvalue weighted by atomic mass is 127. The minimum absolute atomic E-state index is 0.00681. The fraction of sp³-hybridized carbons (Fsp3) is 0.455. The summed E-state index contributed by atoms with van der Waals surface area (Å²) >= 11 is 1.75. The number of terminal acetylenes is 1. The van der Waals surface area contributed by atoms with Crippen molar-refractivity contribution in [1.29, 1.82) is 0 Å². The van der Waals surface area contributed by atoms with Gasteiger partial charge in [0, 0.05) is 12.6 Å². The van der Waals surface area contributed by atoms with E-state index in [1.54, 1.807) is 22.6 Å². The van der Waals surface area contributed by atoms with Gasteiger partial charge in [-0.25, -0.2) is 4.79 Å². The lowest BCUT2D eigenvalue weighted by Gasteiger charge is -2.18. The van der Waals surface area contributed by atoms with Crippen molar-refractivity contribution in [2.24, 2.45) is 0 Å². The summed E-state index contributed by atoms with van der Waals surface area (Å²) in [7, 11) is 0. The first-order valence-electron chi connectivity index (χ1n) is 5.38. The fourth-order valence-corrected chi connectivity index (χ4v) is 2.59. The molecule has 0 amide bonds. The van der Waals surface area contributed by atoms with Gasteiger partial charge in [-0.3, -0.25) is 14.3 Å². The zero-order valence-corrected chi connectivity index (χ0v) is 11.8. The number of aromatic nitrogens is 2. The largest absolute Gasteiger partial charge is 0.394 e. The Bertz CT molecular complexity index is 642. The van der Waals surface area contributed by atoms with Crippen LogP contribution in [-0.2, 0) is 4.74 Å². The zero-order chi connectivity index (χ0) is 14.2. The predicted molar refractivity (Wildman–Crippen MR) is 73.8 cm³/mol. The quantitative estimate of drug-likeness (QED) is 0.345. The molecular weight excluding hydrogens is 367 g/mol. The average molecular weight is 378 g/mol. The number of alkyl halides is 1. The van der Waals surface area contributed by atoms with E-state index in [0.29, 0.717) is 0 Å². The molecule has 102 valence electrons. The van der Waals surface area contributed by atoms with Gasteiger partial charge in [0.15, 0.2) is 0 Å². The first-order chi connectivity index (χ1) is 8.89. The molecule has 19 heavy (non-hydrogen) atoms. The van der Waals surface area contributed by atoms with E-state index in [0.717, 1.165) is 4.57 Å². The summed E-state index contributed by atoms with van der Waals surface area (Å²) in [4.78, 5) is 25.1. The molecule has 0 radical (unpaired) electrons. The number of aliphatic hydroxyl groups is 2. The lowest BCUT2D eigenvalue weighted by Crippen LogP contribution is -2.33. The summed E-state index contributed by atoms with van der Waals surface area (Å²) in [6.07, 6.45) is 4.85. The maximum atomic E-state index is 11.7. The second-order valence-corrected chi connectivity index (χ2v) is 6.01. The van der Waals surface area contributed by atoms with E-state index in [-0.39, 0.29) is 18.6 Å². The Kier molecular flexibility index (Phi) is 3.82. The van der Waals surface area contributed by atoms with Crippen LogP contribution >= 0.6 is 22.6 Å². The van der Waals surface area contributed by atoms with E-state index in [9.17, 15) is 14.7 Å². The van der Waals surface area contributed by atoms with Crippen LogP contribution in [0.3, 0.4) is 0 Å². The van der Waals surface area contributed by atoms with Gasteiger partial charge >= 0.3 is 5.69 Å². The fourth-order valence-electron chi connectivity index (χ4n) is 1.87. The molecule has 1 fully saturated rings. The first kappa shape index (κ1) is 14.3. The highest BCUT2D eigenvalue weighted by molar-refractivity contribution is 14.1. The Morgan fingerprint density at radius 3 is 2.89 bits per heavy atom. The van der Waals surface area contributed by atoms with Crippen molar-refractivity contribution >= 4 is 22.6 Å². The molecular formula is C11H11IN2O5. The number of aliphatic hydroxyl groups excluding tert-OH is 1. The molecule has 2 rings (SSSR count). The van der Waals surface area contributed by atoms with Gasteiger partial charge in [0.05, 0.1) is 6.61 Å². The topological polar surface area (TPSA) is 105 Å². The Labute approximate surface area is 121 Å². The molecule has 0 aromatic carbocycles. The monoisotopic (exact) mass is 378 g/mol. The Hall–Kier alpha value is -1.15. The third-order valence-corrected chi connectivity index (χ3v) is 4.01. The standard InChI is InChI=1S/C11H11IN2O5/c1-2-6-4-14(10(17)13-9(6)16)8-3-11(12,18)7(5-15)19-8/h1,4,7-8,15,18H,3,5H2,(H,13,16,17)/t7-,8-,11+/m1/s1. The molecule has 1 saturated heterocycles. The third-order valence-electron chi connectivity index (χ3n) is 2.87. The van der Waals surface area contributed by atoms with Crippen LogP contribution in [0.4, 0.5) is 0 Å². The number of ether oxygens (including phenoxy) is 1. The van der Waals surface area contributed by atoms with Gasteiger partial charge in [0.2, 0.25) is 0 Å². The molecule has 3 N–H and O–H groups in total. The lowest BCUT2D eigenvalue weighted by molar-refractivity contribution is -0.0495. The van der Waals surface area contributed by atoms with Crippen molar-refractivity contribution in [3.05, 3.63) is 32.6 Å². The lowest BCUT2D eigenvalue weighted by atomic mass is 10.2. The van der Waals surface area contributed by atoms with Crippen LogP contribution in [0, 0.1) is 12.3 Å². The minimum atomic E-state index is -1.29.